The van der Waals surface area contributed by atoms with E-state index in [2.05, 4.69) is 37.9 Å². The van der Waals surface area contributed by atoms with Gasteiger partial charge in [0.1, 0.15) is 0 Å². The maximum atomic E-state index is 6.41. The molecule has 0 amide bonds. The van der Waals surface area contributed by atoms with Crippen LogP contribution in [0.15, 0.2) is 24.3 Å². The van der Waals surface area contributed by atoms with Crippen LogP contribution < -0.4 is 5.73 Å². The van der Waals surface area contributed by atoms with Crippen LogP contribution in [0.25, 0.3) is 0 Å². The van der Waals surface area contributed by atoms with Gasteiger partial charge in [0, 0.05) is 17.1 Å². The van der Waals surface area contributed by atoms with Gasteiger partial charge in [0.15, 0.2) is 0 Å². The number of hydrogen-bond acceptors (Lipinski definition) is 2. The number of likely N-dealkylation sites (N-methyl/N-ethyl adjacent to an activating group) is 1. The van der Waals surface area contributed by atoms with Crippen molar-refractivity contribution >= 4 is 11.6 Å². The van der Waals surface area contributed by atoms with Crippen molar-refractivity contribution < 1.29 is 0 Å². The average Bonchev–Trinajstić information content (AvgIpc) is 2.49. The molecule has 0 radical (unpaired) electrons. The Bertz CT molecular complexity index is 439. The second-order valence-electron chi connectivity index (χ2n) is 6.57. The molecule has 1 saturated carbocycles. The Balaban J connectivity index is 2.14. The van der Waals surface area contributed by atoms with Crippen molar-refractivity contribution in [2.45, 2.75) is 64.1 Å². The van der Waals surface area contributed by atoms with E-state index in [1.807, 2.05) is 12.1 Å². The van der Waals surface area contributed by atoms with E-state index in [0.717, 1.165) is 16.5 Å². The molecule has 0 bridgehead atoms. The van der Waals surface area contributed by atoms with Gasteiger partial charge in [-0.15, -0.1) is 0 Å². The predicted octanol–water partition coefficient (Wildman–Crippen LogP) is 4.63. The highest BCUT2D eigenvalue weighted by molar-refractivity contribution is 6.31. The summed E-state index contributed by atoms with van der Waals surface area (Å²) in [6.07, 6.45) is 6.57. The van der Waals surface area contributed by atoms with Crippen molar-refractivity contribution in [1.82, 2.24) is 4.90 Å². The van der Waals surface area contributed by atoms with Crippen LogP contribution in [0.2, 0.25) is 5.02 Å². The van der Waals surface area contributed by atoms with E-state index in [1.165, 1.54) is 32.1 Å². The van der Waals surface area contributed by atoms with Crippen LogP contribution in [-0.4, -0.2) is 24.0 Å². The third-order valence-corrected chi connectivity index (χ3v) is 5.47. The molecule has 1 aromatic carbocycles. The Kier molecular flexibility index (Phi) is 6.09. The van der Waals surface area contributed by atoms with E-state index in [4.69, 9.17) is 17.3 Å². The smallest absolute Gasteiger partial charge is 0.0511 e. The first-order chi connectivity index (χ1) is 10.0. The summed E-state index contributed by atoms with van der Waals surface area (Å²) in [5.74, 6) is 0.920. The van der Waals surface area contributed by atoms with Gasteiger partial charge in [-0.2, -0.15) is 0 Å². The molecule has 3 heteroatoms. The molecule has 1 aromatic rings. The van der Waals surface area contributed by atoms with Gasteiger partial charge in [-0.1, -0.05) is 43.1 Å². The molecule has 1 aliphatic carbocycles. The van der Waals surface area contributed by atoms with Gasteiger partial charge in [0.05, 0.1) is 6.04 Å². The summed E-state index contributed by atoms with van der Waals surface area (Å²) in [6.45, 7) is 4.39. The highest BCUT2D eigenvalue weighted by Crippen LogP contribution is 2.35. The highest BCUT2D eigenvalue weighted by atomic mass is 35.5. The zero-order chi connectivity index (χ0) is 15.4. The van der Waals surface area contributed by atoms with Crippen LogP contribution in [0.1, 0.15) is 57.6 Å². The molecule has 0 saturated heterocycles. The van der Waals surface area contributed by atoms with E-state index >= 15 is 0 Å². The minimum Gasteiger partial charge on any atom is -0.326 e. The molecule has 0 heterocycles. The lowest BCUT2D eigenvalue weighted by Gasteiger charge is -2.41. The van der Waals surface area contributed by atoms with Crippen LogP contribution >= 0.6 is 11.6 Å². The predicted molar refractivity (Wildman–Crippen MR) is 91.6 cm³/mol. The first-order valence-electron chi connectivity index (χ1n) is 8.26. The molecule has 1 aliphatic rings. The fourth-order valence-electron chi connectivity index (χ4n) is 3.78. The second kappa shape index (κ2) is 7.62. The second-order valence-corrected chi connectivity index (χ2v) is 6.98. The minimum absolute atomic E-state index is 0.0683. The lowest BCUT2D eigenvalue weighted by atomic mass is 9.83. The third-order valence-electron chi connectivity index (χ3n) is 5.13. The van der Waals surface area contributed by atoms with E-state index < -0.39 is 0 Å². The molecule has 0 aliphatic heterocycles. The van der Waals surface area contributed by atoms with Gasteiger partial charge in [0.2, 0.25) is 0 Å². The summed E-state index contributed by atoms with van der Waals surface area (Å²) < 4.78 is 0. The summed E-state index contributed by atoms with van der Waals surface area (Å²) in [5.41, 5.74) is 7.46. The highest BCUT2D eigenvalue weighted by Gasteiger charge is 2.30. The van der Waals surface area contributed by atoms with Crippen molar-refractivity contribution in [3.63, 3.8) is 0 Å². The van der Waals surface area contributed by atoms with Crippen molar-refractivity contribution in [2.75, 3.05) is 7.05 Å². The number of hydrogen-bond donors (Lipinski definition) is 1. The van der Waals surface area contributed by atoms with Crippen LogP contribution in [0, 0.1) is 5.92 Å². The van der Waals surface area contributed by atoms with Gasteiger partial charge in [-0.05, 0) is 57.2 Å². The molecule has 2 atom stereocenters. The normalized spacial score (nSPS) is 25.8. The molecular weight excluding hydrogens is 280 g/mol. The summed E-state index contributed by atoms with van der Waals surface area (Å²) in [6, 6.07) is 9.01. The fraction of sp³-hybridized carbons (Fsp3) is 0.667. The Morgan fingerprint density at radius 2 is 1.86 bits per heavy atom. The van der Waals surface area contributed by atoms with Crippen LogP contribution in [0.5, 0.6) is 0 Å². The Labute approximate surface area is 134 Å². The Hall–Kier alpha value is -0.570. The molecule has 21 heavy (non-hydrogen) atoms. The molecule has 1 fully saturated rings. The lowest BCUT2D eigenvalue weighted by Crippen LogP contribution is -2.44. The number of nitrogens with two attached hydrogens (primary N) is 1. The first-order valence-corrected chi connectivity index (χ1v) is 8.64. The Morgan fingerprint density at radius 3 is 2.38 bits per heavy atom. The summed E-state index contributed by atoms with van der Waals surface area (Å²) in [4.78, 5) is 2.47. The monoisotopic (exact) mass is 308 g/mol. The molecule has 2 N–H and O–H groups in total. The van der Waals surface area contributed by atoms with Gasteiger partial charge >= 0.3 is 0 Å². The standard InChI is InChI=1S/C18H29ClN2/c1-4-14-9-11-15(12-10-14)21(3)18(13(2)20)16-7-5-6-8-17(16)19/h5-8,13-15,18H,4,9-12,20H2,1-3H3. The Morgan fingerprint density at radius 1 is 1.24 bits per heavy atom. The number of nitrogens with zero attached hydrogens (tertiary/aromatic N) is 1. The third kappa shape index (κ3) is 4.00. The molecule has 0 aromatic heterocycles. The quantitative estimate of drug-likeness (QED) is 0.859. The number of rotatable bonds is 5. The molecule has 0 spiro atoms. The SMILES string of the molecule is CCC1CCC(N(C)C(c2ccccc2Cl)C(C)N)CC1. The van der Waals surface area contributed by atoms with E-state index in [0.29, 0.717) is 6.04 Å². The minimum atomic E-state index is 0.0683. The summed E-state index contributed by atoms with van der Waals surface area (Å²) in [7, 11) is 2.22. The molecule has 2 unspecified atom stereocenters. The summed E-state index contributed by atoms with van der Waals surface area (Å²) >= 11 is 6.41. The van der Waals surface area contributed by atoms with Crippen LogP contribution in [0.4, 0.5) is 0 Å². The maximum Gasteiger partial charge on any atom is 0.0511 e. The number of halogens is 1. The van der Waals surface area contributed by atoms with Crippen LogP contribution in [-0.2, 0) is 0 Å². The van der Waals surface area contributed by atoms with Crippen molar-refractivity contribution in [3.05, 3.63) is 34.9 Å². The fourth-order valence-corrected chi connectivity index (χ4v) is 4.02. The maximum absolute atomic E-state index is 6.41. The van der Waals surface area contributed by atoms with Gasteiger partial charge in [-0.25, -0.2) is 0 Å². The molecular formula is C18H29ClN2. The van der Waals surface area contributed by atoms with Crippen molar-refractivity contribution in [1.29, 1.82) is 0 Å². The van der Waals surface area contributed by atoms with Gasteiger partial charge in [-0.3, -0.25) is 4.90 Å². The topological polar surface area (TPSA) is 29.3 Å². The van der Waals surface area contributed by atoms with E-state index in [1.54, 1.807) is 0 Å². The van der Waals surface area contributed by atoms with Crippen LogP contribution in [0.3, 0.4) is 0 Å². The van der Waals surface area contributed by atoms with Crippen molar-refractivity contribution in [2.24, 2.45) is 11.7 Å². The molecule has 118 valence electrons. The van der Waals surface area contributed by atoms with E-state index in [9.17, 15) is 0 Å². The average molecular weight is 309 g/mol. The van der Waals surface area contributed by atoms with Crippen molar-refractivity contribution in [3.8, 4) is 0 Å². The van der Waals surface area contributed by atoms with E-state index in [-0.39, 0.29) is 12.1 Å². The number of benzene rings is 1. The lowest BCUT2D eigenvalue weighted by molar-refractivity contribution is 0.107. The molecule has 2 nitrogen and oxygen atoms in total. The van der Waals surface area contributed by atoms with Gasteiger partial charge in [0.25, 0.3) is 0 Å². The zero-order valence-electron chi connectivity index (χ0n) is 13.6. The first kappa shape index (κ1) is 16.8. The summed E-state index contributed by atoms with van der Waals surface area (Å²) in [5, 5.41) is 0.828. The largest absolute Gasteiger partial charge is 0.326 e. The van der Waals surface area contributed by atoms with Gasteiger partial charge < -0.3 is 5.73 Å². The molecule has 2 rings (SSSR count). The zero-order valence-corrected chi connectivity index (χ0v) is 14.3.